The Morgan fingerprint density at radius 1 is 0.571 bits per heavy atom. The average Bonchev–Trinajstić information content (AvgIpc) is 2.70. The Labute approximate surface area is 176 Å². The van der Waals surface area contributed by atoms with Gasteiger partial charge < -0.3 is 4.74 Å². The first-order valence-electron chi connectivity index (χ1n) is 12.6. The highest BCUT2D eigenvalue weighted by Crippen LogP contribution is 2.14. The third-order valence-corrected chi connectivity index (χ3v) is 5.60. The van der Waals surface area contributed by atoms with Crippen molar-refractivity contribution in [3.63, 3.8) is 0 Å². The number of hydrogen-bond donors (Lipinski definition) is 0. The molecule has 166 valence electrons. The summed E-state index contributed by atoms with van der Waals surface area (Å²) in [7, 11) is 0. The van der Waals surface area contributed by atoms with Crippen molar-refractivity contribution in [3.8, 4) is 0 Å². The topological polar surface area (TPSA) is 26.3 Å². The quantitative estimate of drug-likeness (QED) is 0.104. The summed E-state index contributed by atoms with van der Waals surface area (Å²) in [4.78, 5) is 11.8. The van der Waals surface area contributed by atoms with Crippen LogP contribution in [0.15, 0.2) is 12.2 Å². The Kier molecular flexibility index (Phi) is 21.9. The molecule has 28 heavy (non-hydrogen) atoms. The fourth-order valence-electron chi connectivity index (χ4n) is 3.61. The van der Waals surface area contributed by atoms with Gasteiger partial charge in [0, 0.05) is 5.57 Å². The van der Waals surface area contributed by atoms with Gasteiger partial charge >= 0.3 is 5.97 Å². The highest BCUT2D eigenvalue weighted by atomic mass is 16.5. The molecule has 0 heterocycles. The van der Waals surface area contributed by atoms with Gasteiger partial charge in [-0.3, -0.25) is 0 Å². The van der Waals surface area contributed by atoms with E-state index in [4.69, 9.17) is 4.74 Å². The number of esters is 1. The van der Waals surface area contributed by atoms with Crippen LogP contribution in [0.3, 0.4) is 0 Å². The summed E-state index contributed by atoms with van der Waals surface area (Å²) in [5, 5.41) is 0. The fourth-order valence-corrected chi connectivity index (χ4v) is 3.61. The van der Waals surface area contributed by atoms with E-state index in [0.717, 1.165) is 25.7 Å². The van der Waals surface area contributed by atoms with E-state index in [1.165, 1.54) is 103 Å². The molecule has 0 bridgehead atoms. The van der Waals surface area contributed by atoms with Crippen LogP contribution in [0.4, 0.5) is 0 Å². The number of carbonyl (C=O) groups excluding carboxylic acids is 1. The molecule has 2 heteroatoms. The van der Waals surface area contributed by atoms with E-state index in [1.54, 1.807) is 0 Å². The number of hydrogen-bond acceptors (Lipinski definition) is 2. The van der Waals surface area contributed by atoms with Crippen molar-refractivity contribution in [3.05, 3.63) is 12.2 Å². The first kappa shape index (κ1) is 27.2. The van der Waals surface area contributed by atoms with Crippen LogP contribution in [-0.4, -0.2) is 12.6 Å². The van der Waals surface area contributed by atoms with E-state index in [9.17, 15) is 4.79 Å². The summed E-state index contributed by atoms with van der Waals surface area (Å²) in [6, 6.07) is 0. The van der Waals surface area contributed by atoms with Gasteiger partial charge in [-0.2, -0.15) is 0 Å². The predicted octanol–water partition coefficient (Wildman–Crippen LogP) is 8.93. The number of carbonyl (C=O) groups is 1. The molecule has 0 N–H and O–H groups in total. The van der Waals surface area contributed by atoms with Gasteiger partial charge in [0.05, 0.1) is 6.61 Å². The van der Waals surface area contributed by atoms with Gasteiger partial charge in [-0.25, -0.2) is 4.79 Å². The van der Waals surface area contributed by atoms with Gasteiger partial charge in [0.1, 0.15) is 0 Å². The van der Waals surface area contributed by atoms with Gasteiger partial charge in [-0.05, 0) is 19.3 Å². The number of ether oxygens (including phenoxy) is 1. The third-order valence-electron chi connectivity index (χ3n) is 5.60. The van der Waals surface area contributed by atoms with E-state index in [-0.39, 0.29) is 5.97 Å². The van der Waals surface area contributed by atoms with Crippen LogP contribution in [0, 0.1) is 0 Å². The lowest BCUT2D eigenvalue weighted by Gasteiger charge is -2.07. The van der Waals surface area contributed by atoms with E-state index in [2.05, 4.69) is 20.4 Å². The van der Waals surface area contributed by atoms with Crippen molar-refractivity contribution in [1.29, 1.82) is 0 Å². The largest absolute Gasteiger partial charge is 0.462 e. The van der Waals surface area contributed by atoms with Crippen molar-refractivity contribution in [2.45, 2.75) is 142 Å². The van der Waals surface area contributed by atoms with Crippen molar-refractivity contribution >= 4 is 5.97 Å². The molecule has 0 unspecified atom stereocenters. The van der Waals surface area contributed by atoms with E-state index < -0.39 is 0 Å². The molecule has 0 amide bonds. The van der Waals surface area contributed by atoms with Crippen molar-refractivity contribution in [1.82, 2.24) is 0 Å². The smallest absolute Gasteiger partial charge is 0.333 e. The minimum absolute atomic E-state index is 0.183. The molecule has 0 saturated heterocycles. The third kappa shape index (κ3) is 20.0. The molecular formula is C26H50O2. The maximum Gasteiger partial charge on any atom is 0.333 e. The zero-order valence-corrected chi connectivity index (χ0v) is 19.4. The molecule has 0 aliphatic carbocycles. The Hall–Kier alpha value is -0.790. The molecule has 0 aliphatic heterocycles. The Morgan fingerprint density at radius 3 is 1.36 bits per heavy atom. The summed E-state index contributed by atoms with van der Waals surface area (Å²) in [5.41, 5.74) is 0.643. The second-order valence-electron chi connectivity index (χ2n) is 8.50. The van der Waals surface area contributed by atoms with Gasteiger partial charge in [-0.1, -0.05) is 130 Å². The van der Waals surface area contributed by atoms with Crippen LogP contribution in [0.2, 0.25) is 0 Å². The number of unbranched alkanes of at least 4 members (excludes halogenated alkanes) is 17. The van der Waals surface area contributed by atoms with E-state index in [1.807, 2.05) is 0 Å². The molecule has 0 aromatic rings. The van der Waals surface area contributed by atoms with Crippen LogP contribution in [0.25, 0.3) is 0 Å². The maximum atomic E-state index is 11.8. The van der Waals surface area contributed by atoms with Crippen LogP contribution in [-0.2, 0) is 9.53 Å². The molecule has 0 aliphatic rings. The van der Waals surface area contributed by atoms with Gasteiger partial charge in [0.15, 0.2) is 0 Å². The lowest BCUT2D eigenvalue weighted by atomic mass is 10.0. The van der Waals surface area contributed by atoms with Gasteiger partial charge in [0.2, 0.25) is 0 Å². The zero-order valence-electron chi connectivity index (χ0n) is 19.4. The fraction of sp³-hybridized carbons (Fsp3) is 0.885. The van der Waals surface area contributed by atoms with Crippen molar-refractivity contribution < 1.29 is 9.53 Å². The molecular weight excluding hydrogens is 344 g/mol. The summed E-state index contributed by atoms with van der Waals surface area (Å²) in [6.07, 6.45) is 25.9. The predicted molar refractivity (Wildman–Crippen MR) is 124 cm³/mol. The lowest BCUT2D eigenvalue weighted by Crippen LogP contribution is -2.08. The van der Waals surface area contributed by atoms with Crippen molar-refractivity contribution in [2.75, 3.05) is 6.61 Å². The standard InChI is InChI=1S/C26H50O2/c1-4-6-8-9-10-11-12-13-14-15-16-17-18-19-20-22-24-28-26(27)25(3)23-21-7-5-2/h3-24H2,1-2H3. The summed E-state index contributed by atoms with van der Waals surface area (Å²) in [6.45, 7) is 8.85. The monoisotopic (exact) mass is 394 g/mol. The first-order chi connectivity index (χ1) is 13.7. The first-order valence-corrected chi connectivity index (χ1v) is 12.6. The summed E-state index contributed by atoms with van der Waals surface area (Å²) < 4.78 is 5.32. The van der Waals surface area contributed by atoms with Crippen LogP contribution in [0.1, 0.15) is 142 Å². The van der Waals surface area contributed by atoms with Gasteiger partial charge in [0.25, 0.3) is 0 Å². The summed E-state index contributed by atoms with van der Waals surface area (Å²) in [5.74, 6) is -0.183. The molecule has 2 nitrogen and oxygen atoms in total. The zero-order chi connectivity index (χ0) is 20.7. The van der Waals surface area contributed by atoms with Crippen LogP contribution >= 0.6 is 0 Å². The maximum absolute atomic E-state index is 11.8. The molecule has 0 spiro atoms. The molecule has 0 aromatic heterocycles. The molecule has 0 fully saturated rings. The summed E-state index contributed by atoms with van der Waals surface area (Å²) >= 11 is 0. The minimum Gasteiger partial charge on any atom is -0.462 e. The molecule has 0 atom stereocenters. The second kappa shape index (κ2) is 22.5. The van der Waals surface area contributed by atoms with Crippen LogP contribution in [0.5, 0.6) is 0 Å². The SMILES string of the molecule is C=C(CCCCC)C(=O)OCCCCCCCCCCCCCCCCCC. The molecule has 0 rings (SSSR count). The Balaban J connectivity index is 3.19. The molecule has 0 aromatic carbocycles. The minimum atomic E-state index is -0.183. The van der Waals surface area contributed by atoms with Crippen LogP contribution < -0.4 is 0 Å². The highest BCUT2D eigenvalue weighted by Gasteiger charge is 2.07. The van der Waals surface area contributed by atoms with E-state index in [0.29, 0.717) is 12.2 Å². The van der Waals surface area contributed by atoms with E-state index >= 15 is 0 Å². The number of rotatable bonds is 22. The van der Waals surface area contributed by atoms with Crippen molar-refractivity contribution in [2.24, 2.45) is 0 Å². The second-order valence-corrected chi connectivity index (χ2v) is 8.50. The van der Waals surface area contributed by atoms with Gasteiger partial charge in [-0.15, -0.1) is 0 Å². The molecule has 0 radical (unpaired) electrons. The highest BCUT2D eigenvalue weighted by molar-refractivity contribution is 5.87. The average molecular weight is 395 g/mol. The lowest BCUT2D eigenvalue weighted by molar-refractivity contribution is -0.139. The normalized spacial score (nSPS) is 10.9. The molecule has 0 saturated carbocycles. The Morgan fingerprint density at radius 2 is 0.929 bits per heavy atom. The Bertz CT molecular complexity index is 348.